The van der Waals surface area contributed by atoms with Gasteiger partial charge in [0, 0.05) is 44.2 Å². The Morgan fingerprint density at radius 2 is 2.13 bits per heavy atom. The van der Waals surface area contributed by atoms with E-state index in [1.165, 1.54) is 16.9 Å². The van der Waals surface area contributed by atoms with Crippen molar-refractivity contribution in [1.29, 1.82) is 0 Å². The highest BCUT2D eigenvalue weighted by Gasteiger charge is 2.21. The number of morpholine rings is 1. The maximum Gasteiger partial charge on any atom is 0.259 e. The first-order valence-corrected chi connectivity index (χ1v) is 12.3. The molecule has 2 N–H and O–H groups in total. The molecule has 0 bridgehead atoms. The van der Waals surface area contributed by atoms with E-state index in [1.807, 2.05) is 6.92 Å². The Bertz CT molecular complexity index is 909. The third kappa shape index (κ3) is 5.91. The summed E-state index contributed by atoms with van der Waals surface area (Å²) in [4.78, 5) is 27.4. The number of aromatic amines is 1. The number of thiophene rings is 1. The van der Waals surface area contributed by atoms with E-state index in [-0.39, 0.29) is 5.56 Å². The fourth-order valence-electron chi connectivity index (χ4n) is 4.44. The van der Waals surface area contributed by atoms with Crippen molar-refractivity contribution in [3.05, 3.63) is 26.6 Å². The SMILES string of the molecule is CCOC[C@@H](O)CN(CCN1CCOCC1)Cc1nc2sc3c(c2c(=O)[nH]1)CCCC3. The van der Waals surface area contributed by atoms with Gasteiger partial charge < -0.3 is 19.6 Å². The first kappa shape index (κ1) is 22.8. The second-order valence-electron chi connectivity index (χ2n) is 8.41. The van der Waals surface area contributed by atoms with Crippen molar-refractivity contribution < 1.29 is 14.6 Å². The lowest BCUT2D eigenvalue weighted by molar-refractivity contribution is 0.00942. The largest absolute Gasteiger partial charge is 0.389 e. The molecule has 0 unspecified atom stereocenters. The third-order valence-corrected chi connectivity index (χ3v) is 7.25. The van der Waals surface area contributed by atoms with Crippen LogP contribution in [0.4, 0.5) is 0 Å². The van der Waals surface area contributed by atoms with Crippen LogP contribution >= 0.6 is 11.3 Å². The van der Waals surface area contributed by atoms with Crippen LogP contribution in [-0.2, 0) is 28.9 Å². The van der Waals surface area contributed by atoms with E-state index in [4.69, 9.17) is 14.5 Å². The normalized spacial score (nSPS) is 18.5. The predicted octanol–water partition coefficient (Wildman–Crippen LogP) is 1.39. The fourth-order valence-corrected chi connectivity index (χ4v) is 5.72. The molecule has 0 amide bonds. The van der Waals surface area contributed by atoms with Crippen LogP contribution in [0.15, 0.2) is 4.79 Å². The van der Waals surface area contributed by atoms with Crippen LogP contribution in [0.3, 0.4) is 0 Å². The van der Waals surface area contributed by atoms with E-state index < -0.39 is 6.10 Å². The highest BCUT2D eigenvalue weighted by molar-refractivity contribution is 7.18. The van der Waals surface area contributed by atoms with Crippen LogP contribution in [0, 0.1) is 0 Å². The maximum atomic E-state index is 12.9. The van der Waals surface area contributed by atoms with Crippen LogP contribution in [0.2, 0.25) is 0 Å². The molecule has 9 heteroatoms. The van der Waals surface area contributed by atoms with Gasteiger partial charge in [-0.1, -0.05) is 0 Å². The Morgan fingerprint density at radius 3 is 2.94 bits per heavy atom. The second-order valence-corrected chi connectivity index (χ2v) is 9.49. The number of aliphatic hydroxyl groups excluding tert-OH is 1. The van der Waals surface area contributed by atoms with Gasteiger partial charge in [0.25, 0.3) is 5.56 Å². The number of nitrogens with one attached hydrogen (secondary N) is 1. The molecule has 2 aliphatic rings. The van der Waals surface area contributed by atoms with Gasteiger partial charge in [0.1, 0.15) is 10.7 Å². The molecule has 1 fully saturated rings. The minimum Gasteiger partial charge on any atom is -0.389 e. The van der Waals surface area contributed by atoms with Crippen molar-refractivity contribution in [2.45, 2.75) is 45.3 Å². The van der Waals surface area contributed by atoms with Gasteiger partial charge in [0.05, 0.1) is 37.9 Å². The third-order valence-electron chi connectivity index (χ3n) is 6.07. The summed E-state index contributed by atoms with van der Waals surface area (Å²) >= 11 is 1.68. The molecule has 172 valence electrons. The number of fused-ring (bicyclic) bond motifs is 3. The van der Waals surface area contributed by atoms with E-state index in [1.54, 1.807) is 11.3 Å². The smallest absolute Gasteiger partial charge is 0.259 e. The van der Waals surface area contributed by atoms with Crippen molar-refractivity contribution in [2.75, 3.05) is 59.2 Å². The lowest BCUT2D eigenvalue weighted by Gasteiger charge is -2.30. The van der Waals surface area contributed by atoms with Gasteiger partial charge in [-0.2, -0.15) is 0 Å². The first-order valence-electron chi connectivity index (χ1n) is 11.5. The van der Waals surface area contributed by atoms with Gasteiger partial charge in [0.2, 0.25) is 0 Å². The number of H-pyrrole nitrogens is 1. The summed E-state index contributed by atoms with van der Waals surface area (Å²) in [5.74, 6) is 0.668. The van der Waals surface area contributed by atoms with Crippen molar-refractivity contribution in [2.24, 2.45) is 0 Å². The number of hydrogen-bond acceptors (Lipinski definition) is 8. The Balaban J connectivity index is 1.48. The van der Waals surface area contributed by atoms with Gasteiger partial charge in [0.15, 0.2) is 0 Å². The van der Waals surface area contributed by atoms with Gasteiger partial charge in [-0.3, -0.25) is 14.6 Å². The van der Waals surface area contributed by atoms with Gasteiger partial charge in [-0.05, 0) is 38.2 Å². The summed E-state index contributed by atoms with van der Waals surface area (Å²) in [7, 11) is 0. The molecule has 0 radical (unpaired) electrons. The zero-order valence-corrected chi connectivity index (χ0v) is 19.2. The van der Waals surface area contributed by atoms with Crippen LogP contribution in [0.1, 0.15) is 36.0 Å². The van der Waals surface area contributed by atoms with Crippen molar-refractivity contribution in [1.82, 2.24) is 19.8 Å². The average molecular weight is 451 g/mol. The molecule has 1 aliphatic carbocycles. The Kier molecular flexibility index (Phi) is 8.08. The number of nitrogens with zero attached hydrogens (tertiary/aromatic N) is 3. The Morgan fingerprint density at radius 1 is 1.32 bits per heavy atom. The van der Waals surface area contributed by atoms with Gasteiger partial charge >= 0.3 is 0 Å². The highest BCUT2D eigenvalue weighted by atomic mass is 32.1. The summed E-state index contributed by atoms with van der Waals surface area (Å²) < 4.78 is 10.8. The topological polar surface area (TPSA) is 90.9 Å². The molecule has 1 atom stereocenters. The maximum absolute atomic E-state index is 12.9. The molecule has 1 aliphatic heterocycles. The van der Waals surface area contributed by atoms with Crippen LogP contribution in [0.5, 0.6) is 0 Å². The molecule has 31 heavy (non-hydrogen) atoms. The summed E-state index contributed by atoms with van der Waals surface area (Å²) in [6.45, 7) is 8.86. The highest BCUT2D eigenvalue weighted by Crippen LogP contribution is 2.33. The molecule has 0 spiro atoms. The molecule has 1 saturated heterocycles. The number of aryl methyl sites for hydroxylation is 2. The quantitative estimate of drug-likeness (QED) is 0.565. The van der Waals surface area contributed by atoms with E-state index in [9.17, 15) is 9.90 Å². The molecule has 0 saturated carbocycles. The van der Waals surface area contributed by atoms with Crippen molar-refractivity contribution in [3.8, 4) is 0 Å². The van der Waals surface area contributed by atoms with Gasteiger partial charge in [-0.25, -0.2) is 4.98 Å². The van der Waals surface area contributed by atoms with Crippen LogP contribution < -0.4 is 5.56 Å². The lowest BCUT2D eigenvalue weighted by Crippen LogP contribution is -2.43. The first-order chi connectivity index (χ1) is 15.1. The summed E-state index contributed by atoms with van der Waals surface area (Å²) in [5.41, 5.74) is 1.19. The van der Waals surface area contributed by atoms with Crippen LogP contribution in [0.25, 0.3) is 10.2 Å². The monoisotopic (exact) mass is 450 g/mol. The van der Waals surface area contributed by atoms with E-state index in [0.29, 0.717) is 32.1 Å². The molecule has 2 aromatic heterocycles. The number of ether oxygens (including phenoxy) is 2. The standard InChI is InChI=1S/C22H34N4O4S/c1-2-29-15-16(27)13-26(8-7-25-9-11-30-12-10-25)14-19-23-21(28)20-17-5-3-4-6-18(17)31-22(20)24-19/h16,27H,2-15H2,1H3,(H,23,24,28)/t16-/m0/s1. The zero-order valence-electron chi connectivity index (χ0n) is 18.4. The molecule has 0 aromatic carbocycles. The Hall–Kier alpha value is -1.36. The predicted molar refractivity (Wildman–Crippen MR) is 122 cm³/mol. The molecular weight excluding hydrogens is 416 g/mol. The van der Waals surface area contributed by atoms with Crippen LogP contribution in [-0.4, -0.2) is 90.1 Å². The van der Waals surface area contributed by atoms with E-state index >= 15 is 0 Å². The zero-order chi connectivity index (χ0) is 21.6. The minimum atomic E-state index is -0.575. The number of aromatic nitrogens is 2. The number of hydrogen-bond donors (Lipinski definition) is 2. The second kappa shape index (κ2) is 11.0. The molecular formula is C22H34N4O4S. The number of rotatable bonds is 10. The molecule has 8 nitrogen and oxygen atoms in total. The van der Waals surface area contributed by atoms with Crippen molar-refractivity contribution in [3.63, 3.8) is 0 Å². The molecule has 4 rings (SSSR count). The van der Waals surface area contributed by atoms with Crippen molar-refractivity contribution >= 4 is 21.6 Å². The molecule has 3 heterocycles. The fraction of sp³-hybridized carbons (Fsp3) is 0.727. The number of aliphatic hydroxyl groups is 1. The minimum absolute atomic E-state index is 0.0256. The van der Waals surface area contributed by atoms with E-state index in [0.717, 1.165) is 68.9 Å². The molecule has 2 aromatic rings. The van der Waals surface area contributed by atoms with E-state index in [2.05, 4.69) is 14.8 Å². The van der Waals surface area contributed by atoms with Gasteiger partial charge in [-0.15, -0.1) is 11.3 Å². The average Bonchev–Trinajstić information content (AvgIpc) is 3.15. The lowest BCUT2D eigenvalue weighted by atomic mass is 9.97. The summed E-state index contributed by atoms with van der Waals surface area (Å²) in [6.07, 6.45) is 3.80. The summed E-state index contributed by atoms with van der Waals surface area (Å²) in [5, 5.41) is 11.2. The Labute approximate surface area is 187 Å². The summed E-state index contributed by atoms with van der Waals surface area (Å²) in [6, 6.07) is 0.